The third-order valence-corrected chi connectivity index (χ3v) is 7.12. The fourth-order valence-corrected chi connectivity index (χ4v) is 5.61. The van der Waals surface area contributed by atoms with Crippen molar-refractivity contribution >= 4 is 21.6 Å². The second-order valence-corrected chi connectivity index (χ2v) is 10.1. The van der Waals surface area contributed by atoms with Gasteiger partial charge in [0.1, 0.15) is 0 Å². The van der Waals surface area contributed by atoms with Gasteiger partial charge in [-0.25, -0.2) is 8.42 Å². The van der Waals surface area contributed by atoms with E-state index in [0.29, 0.717) is 31.2 Å². The van der Waals surface area contributed by atoms with Gasteiger partial charge in [-0.1, -0.05) is 6.92 Å². The van der Waals surface area contributed by atoms with Crippen LogP contribution in [0.15, 0.2) is 29.2 Å². The van der Waals surface area contributed by atoms with Crippen molar-refractivity contribution in [2.45, 2.75) is 50.7 Å². The molecule has 8 heteroatoms. The van der Waals surface area contributed by atoms with E-state index in [1.165, 1.54) is 10.7 Å². The van der Waals surface area contributed by atoms with Crippen LogP contribution >= 0.6 is 0 Å². The van der Waals surface area contributed by atoms with Gasteiger partial charge >= 0.3 is 0 Å². The molecule has 7 nitrogen and oxygen atoms in total. The fourth-order valence-electron chi connectivity index (χ4n) is 4.02. The Morgan fingerprint density at radius 3 is 2.36 bits per heavy atom. The quantitative estimate of drug-likeness (QED) is 0.806. The van der Waals surface area contributed by atoms with Crippen LogP contribution in [0.5, 0.6) is 0 Å². The van der Waals surface area contributed by atoms with Crippen LogP contribution in [-0.4, -0.2) is 68.5 Å². The van der Waals surface area contributed by atoms with E-state index in [4.69, 9.17) is 4.74 Å². The molecule has 1 aromatic carbocycles. The summed E-state index contributed by atoms with van der Waals surface area (Å²) in [5.74, 6) is 0.553. The molecule has 0 spiro atoms. The number of piperidine rings is 1. The van der Waals surface area contributed by atoms with Gasteiger partial charge in [0.2, 0.25) is 15.9 Å². The van der Waals surface area contributed by atoms with E-state index in [2.05, 4.69) is 17.1 Å². The first-order chi connectivity index (χ1) is 13.2. The number of ether oxygens (including phenoxy) is 1. The van der Waals surface area contributed by atoms with Gasteiger partial charge in [-0.05, 0) is 63.4 Å². The maximum Gasteiger partial charge on any atom is 0.243 e. The van der Waals surface area contributed by atoms with Crippen LogP contribution in [0.1, 0.15) is 33.6 Å². The van der Waals surface area contributed by atoms with Gasteiger partial charge in [0.15, 0.2) is 0 Å². The summed E-state index contributed by atoms with van der Waals surface area (Å²) >= 11 is 0. The van der Waals surface area contributed by atoms with E-state index in [9.17, 15) is 13.2 Å². The molecular weight excluding hydrogens is 378 g/mol. The number of carbonyl (C=O) groups is 1. The van der Waals surface area contributed by atoms with Gasteiger partial charge in [0.25, 0.3) is 0 Å². The third kappa shape index (κ3) is 5.31. The molecule has 3 atom stereocenters. The fraction of sp³-hybridized carbons (Fsp3) is 0.650. The Kier molecular flexibility index (Phi) is 6.75. The van der Waals surface area contributed by atoms with Crippen LogP contribution in [-0.2, 0) is 19.6 Å². The minimum absolute atomic E-state index is 0.0689. The third-order valence-electron chi connectivity index (χ3n) is 5.27. The molecule has 3 rings (SSSR count). The van der Waals surface area contributed by atoms with Crippen molar-refractivity contribution in [2.24, 2.45) is 5.92 Å². The number of carbonyl (C=O) groups excluding carboxylic acids is 1. The molecule has 1 amide bonds. The van der Waals surface area contributed by atoms with Crippen molar-refractivity contribution in [1.82, 2.24) is 9.21 Å². The average Bonchev–Trinajstić information content (AvgIpc) is 2.61. The Balaban J connectivity index is 1.60. The van der Waals surface area contributed by atoms with Gasteiger partial charge in [-0.3, -0.25) is 9.69 Å². The number of anilines is 1. The standard InChI is InChI=1S/C20H31N3O4S/c1-15-5-4-10-22(11-15)14-20(24)21-18-6-8-19(9-7-18)28(25,26)23-12-16(2)27-17(3)13-23/h6-9,15-17H,4-5,10-14H2,1-3H3,(H,21,24). The van der Waals surface area contributed by atoms with E-state index in [-0.39, 0.29) is 23.0 Å². The predicted octanol–water partition coefficient (Wildman–Crippen LogP) is 2.15. The molecule has 3 unspecified atom stereocenters. The molecule has 2 fully saturated rings. The maximum atomic E-state index is 12.9. The first kappa shape index (κ1) is 21.2. The van der Waals surface area contributed by atoms with E-state index in [0.717, 1.165) is 19.5 Å². The van der Waals surface area contributed by atoms with Crippen molar-refractivity contribution in [2.75, 3.05) is 38.0 Å². The summed E-state index contributed by atoms with van der Waals surface area (Å²) in [4.78, 5) is 14.7. The zero-order chi connectivity index (χ0) is 20.3. The number of morpholine rings is 1. The Hall–Kier alpha value is -1.48. The molecule has 2 saturated heterocycles. The number of nitrogens with one attached hydrogen (secondary N) is 1. The van der Waals surface area contributed by atoms with Gasteiger partial charge < -0.3 is 10.1 Å². The number of hydrogen-bond donors (Lipinski definition) is 1. The summed E-state index contributed by atoms with van der Waals surface area (Å²) in [6, 6.07) is 6.41. The monoisotopic (exact) mass is 409 g/mol. The van der Waals surface area contributed by atoms with Gasteiger partial charge in [-0.15, -0.1) is 0 Å². The molecule has 0 bridgehead atoms. The van der Waals surface area contributed by atoms with Crippen molar-refractivity contribution in [3.05, 3.63) is 24.3 Å². The number of sulfonamides is 1. The number of hydrogen-bond acceptors (Lipinski definition) is 5. The molecule has 1 aromatic rings. The highest BCUT2D eigenvalue weighted by atomic mass is 32.2. The topological polar surface area (TPSA) is 79.0 Å². The van der Waals surface area contributed by atoms with Gasteiger partial charge in [0, 0.05) is 25.3 Å². The Morgan fingerprint density at radius 2 is 1.75 bits per heavy atom. The zero-order valence-corrected chi connectivity index (χ0v) is 17.7. The van der Waals surface area contributed by atoms with Gasteiger partial charge in [-0.2, -0.15) is 4.31 Å². The highest BCUT2D eigenvalue weighted by Crippen LogP contribution is 2.22. The van der Waals surface area contributed by atoms with E-state index in [1.807, 2.05) is 13.8 Å². The lowest BCUT2D eigenvalue weighted by molar-refractivity contribution is -0.117. The lowest BCUT2D eigenvalue weighted by atomic mass is 10.0. The molecule has 2 aliphatic rings. The Labute approximate surface area is 168 Å². The predicted molar refractivity (Wildman–Crippen MR) is 109 cm³/mol. The van der Waals surface area contributed by atoms with Crippen LogP contribution in [0.2, 0.25) is 0 Å². The summed E-state index contributed by atoms with van der Waals surface area (Å²) < 4.78 is 32.9. The van der Waals surface area contributed by atoms with E-state index < -0.39 is 10.0 Å². The molecule has 156 valence electrons. The minimum atomic E-state index is -3.57. The van der Waals surface area contributed by atoms with Crippen LogP contribution < -0.4 is 5.32 Å². The molecule has 2 heterocycles. The summed E-state index contributed by atoms with van der Waals surface area (Å²) in [6.45, 7) is 8.91. The van der Waals surface area contributed by atoms with Crippen LogP contribution in [0.25, 0.3) is 0 Å². The lowest BCUT2D eigenvalue weighted by Crippen LogP contribution is -2.48. The number of benzene rings is 1. The number of rotatable bonds is 5. The molecule has 0 aromatic heterocycles. The molecule has 2 aliphatic heterocycles. The largest absolute Gasteiger partial charge is 0.373 e. The summed E-state index contributed by atoms with van der Waals surface area (Å²) in [7, 11) is -3.57. The smallest absolute Gasteiger partial charge is 0.243 e. The maximum absolute atomic E-state index is 12.9. The van der Waals surface area contributed by atoms with Crippen LogP contribution in [0.4, 0.5) is 5.69 Å². The van der Waals surface area contributed by atoms with Crippen LogP contribution in [0.3, 0.4) is 0 Å². The van der Waals surface area contributed by atoms with Gasteiger partial charge in [0.05, 0.1) is 23.6 Å². The van der Waals surface area contributed by atoms with Crippen molar-refractivity contribution in [3.8, 4) is 0 Å². The molecule has 0 saturated carbocycles. The van der Waals surface area contributed by atoms with Crippen molar-refractivity contribution < 1.29 is 17.9 Å². The summed E-state index contributed by atoms with van der Waals surface area (Å²) in [5, 5.41) is 2.87. The SMILES string of the molecule is CC1CCCN(CC(=O)Nc2ccc(S(=O)(=O)N3CC(C)OC(C)C3)cc2)C1. The molecular formula is C20H31N3O4S. The molecule has 1 N–H and O–H groups in total. The minimum Gasteiger partial charge on any atom is -0.373 e. The average molecular weight is 410 g/mol. The molecule has 0 aliphatic carbocycles. The normalized spacial score (nSPS) is 27.5. The molecule has 0 radical (unpaired) electrons. The Morgan fingerprint density at radius 1 is 1.11 bits per heavy atom. The number of amides is 1. The van der Waals surface area contributed by atoms with Crippen molar-refractivity contribution in [1.29, 1.82) is 0 Å². The summed E-state index contributed by atoms with van der Waals surface area (Å²) in [6.07, 6.45) is 2.08. The number of nitrogens with zero attached hydrogens (tertiary/aromatic N) is 2. The zero-order valence-electron chi connectivity index (χ0n) is 16.9. The highest BCUT2D eigenvalue weighted by molar-refractivity contribution is 7.89. The second-order valence-electron chi connectivity index (χ2n) is 8.13. The van der Waals surface area contributed by atoms with E-state index in [1.54, 1.807) is 24.3 Å². The first-order valence-electron chi connectivity index (χ1n) is 10.0. The molecule has 28 heavy (non-hydrogen) atoms. The van der Waals surface area contributed by atoms with Crippen LogP contribution in [0, 0.1) is 5.92 Å². The summed E-state index contributed by atoms with van der Waals surface area (Å²) in [5.41, 5.74) is 0.609. The Bertz CT molecular complexity index is 771. The first-order valence-corrected chi connectivity index (χ1v) is 11.5. The highest BCUT2D eigenvalue weighted by Gasteiger charge is 2.32. The number of likely N-dealkylation sites (tertiary alicyclic amines) is 1. The van der Waals surface area contributed by atoms with Crippen molar-refractivity contribution in [3.63, 3.8) is 0 Å². The second kappa shape index (κ2) is 8.90. The lowest BCUT2D eigenvalue weighted by Gasteiger charge is -2.34. The van der Waals surface area contributed by atoms with E-state index >= 15 is 0 Å².